The van der Waals surface area contributed by atoms with Gasteiger partial charge in [-0.15, -0.1) is 0 Å². The van der Waals surface area contributed by atoms with E-state index in [0.717, 1.165) is 38.5 Å². The van der Waals surface area contributed by atoms with Gasteiger partial charge >= 0.3 is 12.1 Å². The van der Waals surface area contributed by atoms with Gasteiger partial charge in [0.1, 0.15) is 0 Å². The highest BCUT2D eigenvalue weighted by atomic mass is 35.5. The first kappa shape index (κ1) is 18.5. The number of nitrogens with zero attached hydrogens (tertiary/aromatic N) is 2. The molecule has 150 valence electrons. The highest BCUT2D eigenvalue weighted by molar-refractivity contribution is 6.36. The molecule has 30 heavy (non-hydrogen) atoms. The van der Waals surface area contributed by atoms with Crippen LogP contribution in [0.3, 0.4) is 0 Å². The Labute approximate surface area is 177 Å². The minimum atomic E-state index is -0.921. The second kappa shape index (κ2) is 6.78. The summed E-state index contributed by atoms with van der Waals surface area (Å²) in [6.07, 6.45) is -0.324. The van der Waals surface area contributed by atoms with E-state index in [1.807, 2.05) is 48.5 Å². The lowest BCUT2D eigenvalue weighted by Gasteiger charge is -2.28. The summed E-state index contributed by atoms with van der Waals surface area (Å²) in [5.74, 6) is 0. The van der Waals surface area contributed by atoms with Gasteiger partial charge in [0.15, 0.2) is 0 Å². The average Bonchev–Trinajstić information content (AvgIpc) is 3.07. The molecule has 1 aliphatic rings. The predicted octanol–water partition coefficient (Wildman–Crippen LogP) is 5.08. The number of fused-ring (bicyclic) bond motifs is 4. The number of carbonyl (C=O) groups excluding carboxylic acids is 1. The number of benzene rings is 3. The molecule has 7 heteroatoms. The summed E-state index contributed by atoms with van der Waals surface area (Å²) in [7, 11) is 0. The molecule has 0 saturated heterocycles. The standard InChI is InChI=1S/C23H18ClN3O3/c24-17-8-9-19-21(16-5-1-2-7-18(16)27(19)22(25)28)20(17)15-6-3-4-13-12-26(23(29)30)11-10-14(13)15/h1-9H,10-12H2,(H2,25,28)(H,29,30). The molecule has 1 aliphatic heterocycles. The van der Waals surface area contributed by atoms with Gasteiger partial charge in [0.25, 0.3) is 0 Å². The molecule has 0 unspecified atom stereocenters. The van der Waals surface area contributed by atoms with Crippen molar-refractivity contribution in [3.8, 4) is 11.1 Å². The van der Waals surface area contributed by atoms with Crippen LogP contribution >= 0.6 is 11.6 Å². The monoisotopic (exact) mass is 419 g/mol. The fourth-order valence-electron chi connectivity index (χ4n) is 4.54. The van der Waals surface area contributed by atoms with Crippen LogP contribution in [-0.4, -0.2) is 33.2 Å². The first-order chi connectivity index (χ1) is 14.5. The van der Waals surface area contributed by atoms with Crippen molar-refractivity contribution in [2.24, 2.45) is 5.73 Å². The van der Waals surface area contributed by atoms with Crippen LogP contribution in [0, 0.1) is 0 Å². The fourth-order valence-corrected chi connectivity index (χ4v) is 4.80. The quantitative estimate of drug-likeness (QED) is 0.451. The largest absolute Gasteiger partial charge is 0.465 e. The Bertz CT molecular complexity index is 1360. The highest BCUT2D eigenvalue weighted by Gasteiger charge is 2.25. The molecule has 4 aromatic rings. The van der Waals surface area contributed by atoms with E-state index in [9.17, 15) is 14.7 Å². The van der Waals surface area contributed by atoms with Crippen molar-refractivity contribution in [2.75, 3.05) is 6.54 Å². The summed E-state index contributed by atoms with van der Waals surface area (Å²) in [5, 5.41) is 11.7. The van der Waals surface area contributed by atoms with Gasteiger partial charge in [0.2, 0.25) is 0 Å². The maximum Gasteiger partial charge on any atom is 0.407 e. The molecular formula is C23H18ClN3O3. The highest BCUT2D eigenvalue weighted by Crippen LogP contribution is 2.43. The number of nitrogens with two attached hydrogens (primary N) is 1. The van der Waals surface area contributed by atoms with Gasteiger partial charge in [0, 0.05) is 34.4 Å². The van der Waals surface area contributed by atoms with E-state index in [1.165, 1.54) is 9.47 Å². The van der Waals surface area contributed by atoms with Gasteiger partial charge < -0.3 is 15.7 Å². The number of carboxylic acid groups (broad SMARTS) is 1. The molecule has 3 N–H and O–H groups in total. The van der Waals surface area contributed by atoms with Crippen LogP contribution in [0.1, 0.15) is 11.1 Å². The second-order valence-electron chi connectivity index (χ2n) is 7.40. The Morgan fingerprint density at radius 1 is 1.00 bits per heavy atom. The van der Waals surface area contributed by atoms with Crippen molar-refractivity contribution in [2.45, 2.75) is 13.0 Å². The average molecular weight is 420 g/mol. The van der Waals surface area contributed by atoms with E-state index < -0.39 is 12.1 Å². The Balaban J connectivity index is 1.85. The van der Waals surface area contributed by atoms with Gasteiger partial charge in [-0.3, -0.25) is 4.57 Å². The zero-order valence-corrected chi connectivity index (χ0v) is 16.7. The Kier molecular flexibility index (Phi) is 4.18. The van der Waals surface area contributed by atoms with Crippen LogP contribution in [0.4, 0.5) is 9.59 Å². The number of hydrogen-bond donors (Lipinski definition) is 2. The smallest absolute Gasteiger partial charge is 0.407 e. The molecule has 0 fully saturated rings. The summed E-state index contributed by atoms with van der Waals surface area (Å²) < 4.78 is 1.51. The van der Waals surface area contributed by atoms with E-state index in [2.05, 4.69) is 0 Å². The molecule has 3 aromatic carbocycles. The molecule has 2 amide bonds. The first-order valence-corrected chi connectivity index (χ1v) is 9.95. The SMILES string of the molecule is NC(=O)n1c2ccccc2c2c(-c3cccc4c3CCN(C(=O)O)C4)c(Cl)ccc21. The maximum atomic E-state index is 12.2. The van der Waals surface area contributed by atoms with E-state index in [0.29, 0.717) is 30.0 Å². The Morgan fingerprint density at radius 2 is 1.80 bits per heavy atom. The molecule has 0 bridgehead atoms. The summed E-state index contributed by atoms with van der Waals surface area (Å²) in [6, 6.07) is 16.5. The van der Waals surface area contributed by atoms with Crippen LogP contribution in [0.25, 0.3) is 32.9 Å². The Hall–Kier alpha value is -3.51. The van der Waals surface area contributed by atoms with Crippen molar-refractivity contribution in [1.29, 1.82) is 0 Å². The second-order valence-corrected chi connectivity index (χ2v) is 7.81. The normalized spacial score (nSPS) is 13.6. The third kappa shape index (κ3) is 2.64. The first-order valence-electron chi connectivity index (χ1n) is 9.58. The topological polar surface area (TPSA) is 88.6 Å². The van der Waals surface area contributed by atoms with E-state index >= 15 is 0 Å². The zero-order chi connectivity index (χ0) is 21.0. The van der Waals surface area contributed by atoms with Gasteiger partial charge in [-0.2, -0.15) is 0 Å². The van der Waals surface area contributed by atoms with Crippen molar-refractivity contribution >= 4 is 45.5 Å². The number of hydrogen-bond acceptors (Lipinski definition) is 2. The molecule has 0 aliphatic carbocycles. The number of carbonyl (C=O) groups is 2. The molecule has 5 rings (SSSR count). The minimum absolute atomic E-state index is 0.342. The van der Waals surface area contributed by atoms with Crippen molar-refractivity contribution < 1.29 is 14.7 Å². The third-order valence-electron chi connectivity index (χ3n) is 5.81. The number of rotatable bonds is 1. The van der Waals surface area contributed by atoms with Crippen molar-refractivity contribution in [3.05, 3.63) is 70.7 Å². The molecule has 2 heterocycles. The molecule has 0 saturated carbocycles. The van der Waals surface area contributed by atoms with Crippen LogP contribution < -0.4 is 5.73 Å². The molecule has 0 spiro atoms. The van der Waals surface area contributed by atoms with E-state index in [1.54, 1.807) is 6.07 Å². The van der Waals surface area contributed by atoms with E-state index in [-0.39, 0.29) is 0 Å². The zero-order valence-electron chi connectivity index (χ0n) is 15.9. The summed E-state index contributed by atoms with van der Waals surface area (Å²) in [4.78, 5) is 25.1. The van der Waals surface area contributed by atoms with Crippen molar-refractivity contribution in [3.63, 3.8) is 0 Å². The lowest BCUT2D eigenvalue weighted by atomic mass is 9.89. The minimum Gasteiger partial charge on any atom is -0.465 e. The van der Waals surface area contributed by atoms with Crippen LogP contribution in [-0.2, 0) is 13.0 Å². The lowest BCUT2D eigenvalue weighted by Crippen LogP contribution is -2.34. The van der Waals surface area contributed by atoms with Gasteiger partial charge in [-0.05, 0) is 41.3 Å². The lowest BCUT2D eigenvalue weighted by molar-refractivity contribution is 0.140. The summed E-state index contributed by atoms with van der Waals surface area (Å²) >= 11 is 6.72. The molecule has 0 atom stereocenters. The number of halogens is 1. The molecule has 1 aromatic heterocycles. The molecule has 6 nitrogen and oxygen atoms in total. The third-order valence-corrected chi connectivity index (χ3v) is 6.13. The Morgan fingerprint density at radius 3 is 2.57 bits per heavy atom. The predicted molar refractivity (Wildman–Crippen MR) is 117 cm³/mol. The number of aromatic nitrogens is 1. The van der Waals surface area contributed by atoms with E-state index in [4.69, 9.17) is 17.3 Å². The van der Waals surface area contributed by atoms with Gasteiger partial charge in [-0.25, -0.2) is 9.59 Å². The van der Waals surface area contributed by atoms with Crippen molar-refractivity contribution in [1.82, 2.24) is 9.47 Å². The number of amides is 2. The number of primary amides is 1. The fraction of sp³-hybridized carbons (Fsp3) is 0.130. The number of para-hydroxylation sites is 1. The van der Waals surface area contributed by atoms with Gasteiger partial charge in [0.05, 0.1) is 11.0 Å². The molecular weight excluding hydrogens is 402 g/mol. The maximum absolute atomic E-state index is 12.2. The van der Waals surface area contributed by atoms with Crippen LogP contribution in [0.5, 0.6) is 0 Å². The molecule has 0 radical (unpaired) electrons. The van der Waals surface area contributed by atoms with Crippen LogP contribution in [0.15, 0.2) is 54.6 Å². The van der Waals surface area contributed by atoms with Gasteiger partial charge in [-0.1, -0.05) is 48.0 Å². The van der Waals surface area contributed by atoms with Crippen LogP contribution in [0.2, 0.25) is 5.02 Å². The summed E-state index contributed by atoms with van der Waals surface area (Å²) in [5.41, 5.74) is 11.0. The summed E-state index contributed by atoms with van der Waals surface area (Å²) in [6.45, 7) is 0.769.